The standard InChI is InChI=1S/C21H22ClF3N2O3S/c1-15(28)17-5-3-16(4-6-17)14-26-9-2-10-27(12-11-26)31(29,30)20-8-7-18(13-19(20)22)21(23,24)25/h3-8,13H,2,9-12,14H2,1H3. The van der Waals surface area contributed by atoms with Crippen LogP contribution in [0.15, 0.2) is 47.4 Å². The molecule has 1 fully saturated rings. The maximum atomic E-state index is 13.0. The molecule has 0 radical (unpaired) electrons. The van der Waals surface area contributed by atoms with Gasteiger partial charge in [-0.25, -0.2) is 8.42 Å². The van der Waals surface area contributed by atoms with E-state index in [1.807, 2.05) is 12.1 Å². The predicted octanol–water partition coefficient (Wildman–Crippen LogP) is 4.46. The van der Waals surface area contributed by atoms with Gasteiger partial charge < -0.3 is 0 Å². The van der Waals surface area contributed by atoms with Gasteiger partial charge in [-0.2, -0.15) is 17.5 Å². The van der Waals surface area contributed by atoms with Gasteiger partial charge in [0.25, 0.3) is 0 Å². The van der Waals surface area contributed by atoms with Crippen molar-refractivity contribution in [2.45, 2.75) is 31.0 Å². The third kappa shape index (κ3) is 5.65. The summed E-state index contributed by atoms with van der Waals surface area (Å²) < 4.78 is 65.8. The molecule has 0 aromatic heterocycles. The Labute approximate surface area is 184 Å². The number of carbonyl (C=O) groups is 1. The number of benzene rings is 2. The van der Waals surface area contributed by atoms with Crippen LogP contribution in [-0.2, 0) is 22.7 Å². The van der Waals surface area contributed by atoms with Crippen LogP contribution in [0.1, 0.15) is 34.8 Å². The molecule has 1 heterocycles. The molecule has 1 saturated heterocycles. The number of rotatable bonds is 5. The highest BCUT2D eigenvalue weighted by molar-refractivity contribution is 7.89. The summed E-state index contributed by atoms with van der Waals surface area (Å²) in [6.07, 6.45) is -4.03. The van der Waals surface area contributed by atoms with E-state index in [0.717, 1.165) is 17.7 Å². The highest BCUT2D eigenvalue weighted by Crippen LogP contribution is 2.34. The van der Waals surface area contributed by atoms with Gasteiger partial charge in [0.05, 0.1) is 10.6 Å². The lowest BCUT2D eigenvalue weighted by Crippen LogP contribution is -2.35. The van der Waals surface area contributed by atoms with Crippen LogP contribution >= 0.6 is 11.6 Å². The van der Waals surface area contributed by atoms with E-state index in [1.54, 1.807) is 12.1 Å². The smallest absolute Gasteiger partial charge is 0.298 e. The molecule has 0 atom stereocenters. The molecular formula is C21H22ClF3N2O3S. The van der Waals surface area contributed by atoms with Crippen LogP contribution in [0.3, 0.4) is 0 Å². The van der Waals surface area contributed by atoms with Crippen molar-refractivity contribution >= 4 is 27.4 Å². The molecule has 168 valence electrons. The van der Waals surface area contributed by atoms with Crippen molar-refractivity contribution in [1.82, 2.24) is 9.21 Å². The fourth-order valence-corrected chi connectivity index (χ4v) is 5.46. The van der Waals surface area contributed by atoms with E-state index in [1.165, 1.54) is 11.2 Å². The van der Waals surface area contributed by atoms with Crippen molar-refractivity contribution in [3.05, 3.63) is 64.2 Å². The van der Waals surface area contributed by atoms with Gasteiger partial charge in [0.15, 0.2) is 5.78 Å². The molecule has 5 nitrogen and oxygen atoms in total. The number of halogens is 4. The molecule has 0 amide bonds. The Morgan fingerprint density at radius 2 is 1.71 bits per heavy atom. The first-order valence-electron chi connectivity index (χ1n) is 9.67. The summed E-state index contributed by atoms with van der Waals surface area (Å²) in [5, 5.41) is -0.443. The second-order valence-electron chi connectivity index (χ2n) is 7.43. The number of carbonyl (C=O) groups excluding carboxylic acids is 1. The van der Waals surface area contributed by atoms with Gasteiger partial charge in [-0.1, -0.05) is 35.9 Å². The van der Waals surface area contributed by atoms with Crippen molar-refractivity contribution in [3.8, 4) is 0 Å². The monoisotopic (exact) mass is 474 g/mol. The molecule has 31 heavy (non-hydrogen) atoms. The molecule has 0 unspecified atom stereocenters. The number of ketones is 1. The number of nitrogens with zero attached hydrogens (tertiary/aromatic N) is 2. The number of hydrogen-bond acceptors (Lipinski definition) is 4. The van der Waals surface area contributed by atoms with Gasteiger partial charge >= 0.3 is 6.18 Å². The number of alkyl halides is 3. The quantitative estimate of drug-likeness (QED) is 0.600. The van der Waals surface area contributed by atoms with E-state index in [4.69, 9.17) is 11.6 Å². The minimum atomic E-state index is -4.60. The Morgan fingerprint density at radius 1 is 1.03 bits per heavy atom. The topological polar surface area (TPSA) is 57.7 Å². The zero-order chi connectivity index (χ0) is 22.8. The Balaban J connectivity index is 1.70. The third-order valence-corrected chi connectivity index (χ3v) is 7.57. The van der Waals surface area contributed by atoms with E-state index < -0.39 is 26.8 Å². The van der Waals surface area contributed by atoms with Crippen molar-refractivity contribution in [2.75, 3.05) is 26.2 Å². The second kappa shape index (κ2) is 9.28. The molecule has 2 aromatic rings. The summed E-state index contributed by atoms with van der Waals surface area (Å²) in [5.41, 5.74) is 0.645. The lowest BCUT2D eigenvalue weighted by molar-refractivity contribution is -0.137. The highest BCUT2D eigenvalue weighted by Gasteiger charge is 2.34. The van der Waals surface area contributed by atoms with Crippen molar-refractivity contribution in [3.63, 3.8) is 0 Å². The van der Waals surface area contributed by atoms with Gasteiger partial charge in [0, 0.05) is 31.7 Å². The maximum Gasteiger partial charge on any atom is 0.416 e. The van der Waals surface area contributed by atoms with Gasteiger partial charge in [-0.15, -0.1) is 0 Å². The van der Waals surface area contributed by atoms with Crippen LogP contribution in [0.25, 0.3) is 0 Å². The van der Waals surface area contributed by atoms with Gasteiger partial charge in [-0.3, -0.25) is 9.69 Å². The lowest BCUT2D eigenvalue weighted by Gasteiger charge is -2.22. The van der Waals surface area contributed by atoms with Crippen molar-refractivity contribution in [1.29, 1.82) is 0 Å². The van der Waals surface area contributed by atoms with Gasteiger partial charge in [0.1, 0.15) is 4.90 Å². The van der Waals surface area contributed by atoms with Crippen molar-refractivity contribution < 1.29 is 26.4 Å². The van der Waals surface area contributed by atoms with E-state index >= 15 is 0 Å². The number of Topliss-reactive ketones (excluding diaryl/α,β-unsaturated/α-hetero) is 1. The first-order chi connectivity index (χ1) is 14.5. The van der Waals surface area contributed by atoms with E-state index in [2.05, 4.69) is 4.90 Å². The summed E-state index contributed by atoms with van der Waals surface area (Å²) in [7, 11) is -4.02. The van der Waals surface area contributed by atoms with Crippen LogP contribution < -0.4 is 0 Å². The molecule has 0 spiro atoms. The molecule has 0 saturated carbocycles. The van der Waals surface area contributed by atoms with E-state index in [0.29, 0.717) is 37.7 Å². The third-order valence-electron chi connectivity index (χ3n) is 5.19. The number of sulfonamides is 1. The maximum absolute atomic E-state index is 13.0. The van der Waals surface area contributed by atoms with Crippen molar-refractivity contribution in [2.24, 2.45) is 0 Å². The molecule has 0 aliphatic carbocycles. The molecule has 1 aliphatic rings. The molecule has 2 aromatic carbocycles. The lowest BCUT2D eigenvalue weighted by atomic mass is 10.1. The molecule has 3 rings (SSSR count). The fraction of sp³-hybridized carbons (Fsp3) is 0.381. The van der Waals surface area contributed by atoms with E-state index in [9.17, 15) is 26.4 Å². The molecular weight excluding hydrogens is 453 g/mol. The summed E-state index contributed by atoms with van der Waals surface area (Å²) in [5.74, 6) is -0.0101. The summed E-state index contributed by atoms with van der Waals surface area (Å²) in [6, 6.07) is 9.56. The van der Waals surface area contributed by atoms with Crippen LogP contribution in [-0.4, -0.2) is 49.6 Å². The van der Waals surface area contributed by atoms with Gasteiger partial charge in [-0.05, 0) is 43.7 Å². The van der Waals surface area contributed by atoms with Crippen LogP contribution in [0.4, 0.5) is 13.2 Å². The SMILES string of the molecule is CC(=O)c1ccc(CN2CCCN(S(=O)(=O)c3ccc(C(F)(F)F)cc3Cl)CC2)cc1. The van der Waals surface area contributed by atoms with Gasteiger partial charge in [0.2, 0.25) is 10.0 Å². The Hall–Kier alpha value is -1.94. The normalized spacial score (nSPS) is 16.8. The Kier molecular flexibility index (Phi) is 7.10. The minimum Gasteiger partial charge on any atom is -0.298 e. The van der Waals surface area contributed by atoms with E-state index in [-0.39, 0.29) is 23.8 Å². The van der Waals surface area contributed by atoms with Crippen LogP contribution in [0, 0.1) is 0 Å². The first-order valence-corrected chi connectivity index (χ1v) is 11.5. The second-order valence-corrected chi connectivity index (χ2v) is 9.74. The van der Waals surface area contributed by atoms with Crippen LogP contribution in [0.5, 0.6) is 0 Å². The minimum absolute atomic E-state index is 0.0101. The molecule has 1 aliphatic heterocycles. The van der Waals surface area contributed by atoms with Crippen LogP contribution in [0.2, 0.25) is 5.02 Å². The average Bonchev–Trinajstić information content (AvgIpc) is 2.93. The number of hydrogen-bond donors (Lipinski definition) is 0. The Bertz CT molecular complexity index is 1060. The largest absolute Gasteiger partial charge is 0.416 e. The molecule has 0 N–H and O–H groups in total. The summed E-state index contributed by atoms with van der Waals surface area (Å²) >= 11 is 5.91. The molecule has 0 bridgehead atoms. The first kappa shape index (κ1) is 23.7. The zero-order valence-corrected chi connectivity index (χ0v) is 18.4. The predicted molar refractivity (Wildman–Crippen MR) is 112 cm³/mol. The average molecular weight is 475 g/mol. The fourth-order valence-electron chi connectivity index (χ4n) is 3.47. The highest BCUT2D eigenvalue weighted by atomic mass is 35.5. The summed E-state index contributed by atoms with van der Waals surface area (Å²) in [6.45, 7) is 3.69. The zero-order valence-electron chi connectivity index (χ0n) is 16.8. The Morgan fingerprint density at radius 3 is 2.29 bits per heavy atom. The molecule has 10 heteroatoms. The summed E-state index contributed by atoms with van der Waals surface area (Å²) in [4.78, 5) is 13.2.